The second-order valence-electron chi connectivity index (χ2n) is 9.74. The van der Waals surface area contributed by atoms with Gasteiger partial charge in [0.05, 0.1) is 19.5 Å². The van der Waals surface area contributed by atoms with E-state index in [0.29, 0.717) is 30.2 Å². The van der Waals surface area contributed by atoms with Gasteiger partial charge in [-0.25, -0.2) is 4.98 Å². The van der Waals surface area contributed by atoms with Crippen molar-refractivity contribution < 1.29 is 13.9 Å². The van der Waals surface area contributed by atoms with E-state index in [4.69, 9.17) is 25.5 Å². The lowest BCUT2D eigenvalue weighted by atomic mass is 10.2. The van der Waals surface area contributed by atoms with Crippen LogP contribution in [0.3, 0.4) is 0 Å². The smallest absolute Gasteiger partial charge is 0.261 e. The molecule has 1 fully saturated rings. The molecule has 1 aliphatic rings. The molecule has 0 radical (unpaired) electrons. The van der Waals surface area contributed by atoms with Gasteiger partial charge in [0.2, 0.25) is 5.28 Å². The standard InChI is InChI=1S/C26H30ClN5O3Si/c1-26(2,3)36(18-11-7-5-8-12-18,19-13-9-6-10-14-19)34-16-21-33-15-20(35-21)32-17-29-22-23(28-4)30-25(27)31-24(22)32/h5-14,17,20-21H,15-16H2,1-4H3,(H,28,30,31)/t20-,21-/m1/s1. The fourth-order valence-corrected chi connectivity index (χ4v) is 9.61. The van der Waals surface area contributed by atoms with E-state index in [1.807, 2.05) is 16.7 Å². The maximum absolute atomic E-state index is 6.97. The van der Waals surface area contributed by atoms with E-state index < -0.39 is 20.8 Å². The van der Waals surface area contributed by atoms with Crippen LogP contribution in [0.4, 0.5) is 5.82 Å². The van der Waals surface area contributed by atoms with Crippen LogP contribution in [0.5, 0.6) is 0 Å². The average Bonchev–Trinajstić information content (AvgIpc) is 3.51. The number of ether oxygens (including phenoxy) is 2. The molecule has 5 rings (SSSR count). The van der Waals surface area contributed by atoms with Gasteiger partial charge in [-0.1, -0.05) is 81.4 Å². The third-order valence-corrected chi connectivity index (χ3v) is 11.7. The van der Waals surface area contributed by atoms with Crippen molar-refractivity contribution in [2.45, 2.75) is 38.3 Å². The topological polar surface area (TPSA) is 83.3 Å². The molecule has 0 amide bonds. The number of rotatable bonds is 7. The lowest BCUT2D eigenvalue weighted by Gasteiger charge is -2.43. The molecular formula is C26H30ClN5O3Si. The Bertz CT molecular complexity index is 1290. The molecular weight excluding hydrogens is 494 g/mol. The zero-order chi connectivity index (χ0) is 25.3. The van der Waals surface area contributed by atoms with Gasteiger partial charge in [0.15, 0.2) is 29.5 Å². The van der Waals surface area contributed by atoms with Crippen LogP contribution in [0.1, 0.15) is 27.0 Å². The van der Waals surface area contributed by atoms with Gasteiger partial charge in [-0.15, -0.1) is 0 Å². The zero-order valence-electron chi connectivity index (χ0n) is 20.8. The van der Waals surface area contributed by atoms with Crippen LogP contribution in [0.25, 0.3) is 11.2 Å². The number of nitrogens with one attached hydrogen (secondary N) is 1. The predicted molar refractivity (Wildman–Crippen MR) is 143 cm³/mol. The first-order valence-corrected chi connectivity index (χ1v) is 14.2. The van der Waals surface area contributed by atoms with Crippen molar-refractivity contribution in [1.82, 2.24) is 19.5 Å². The van der Waals surface area contributed by atoms with Crippen molar-refractivity contribution >= 4 is 47.3 Å². The molecule has 4 aromatic rings. The minimum absolute atomic E-state index is 0.133. The summed E-state index contributed by atoms with van der Waals surface area (Å²) in [6.07, 6.45) is 0.740. The second kappa shape index (κ2) is 9.91. The first-order valence-electron chi connectivity index (χ1n) is 11.9. The van der Waals surface area contributed by atoms with Gasteiger partial charge in [0.1, 0.15) is 0 Å². The molecule has 1 aliphatic heterocycles. The maximum Gasteiger partial charge on any atom is 0.261 e. The molecule has 8 nitrogen and oxygen atoms in total. The lowest BCUT2D eigenvalue weighted by Crippen LogP contribution is -2.67. The molecule has 0 bridgehead atoms. The summed E-state index contributed by atoms with van der Waals surface area (Å²) in [6, 6.07) is 21.1. The number of fused-ring (bicyclic) bond motifs is 1. The molecule has 0 unspecified atom stereocenters. The van der Waals surface area contributed by atoms with Gasteiger partial charge in [0.25, 0.3) is 8.32 Å². The van der Waals surface area contributed by atoms with Crippen molar-refractivity contribution in [3.8, 4) is 0 Å². The first-order chi connectivity index (χ1) is 17.3. The summed E-state index contributed by atoms with van der Waals surface area (Å²) in [7, 11) is -0.926. The molecule has 0 spiro atoms. The Labute approximate surface area is 216 Å². The normalized spacial score (nSPS) is 18.6. The highest BCUT2D eigenvalue weighted by Gasteiger charge is 2.50. The lowest BCUT2D eigenvalue weighted by molar-refractivity contribution is -0.0943. The van der Waals surface area contributed by atoms with Crippen molar-refractivity contribution in [3.05, 3.63) is 72.3 Å². The first kappa shape index (κ1) is 24.9. The Morgan fingerprint density at radius 1 is 1.06 bits per heavy atom. The van der Waals surface area contributed by atoms with Gasteiger partial charge in [-0.2, -0.15) is 9.97 Å². The van der Waals surface area contributed by atoms with E-state index in [2.05, 4.69) is 89.6 Å². The van der Waals surface area contributed by atoms with Gasteiger partial charge >= 0.3 is 0 Å². The fourth-order valence-electron chi connectivity index (χ4n) is 4.91. The van der Waals surface area contributed by atoms with E-state index in [-0.39, 0.29) is 10.3 Å². The molecule has 1 saturated heterocycles. The molecule has 188 valence electrons. The SMILES string of the molecule is CNc1nc(Cl)nc2c1ncn2[C@H]1CO[C@@H](CO[Si](c2ccccc2)(c2ccccc2)C(C)(C)C)O1. The highest BCUT2D eigenvalue weighted by molar-refractivity contribution is 6.99. The van der Waals surface area contributed by atoms with Crippen molar-refractivity contribution in [1.29, 1.82) is 0 Å². The van der Waals surface area contributed by atoms with Crippen LogP contribution in [0, 0.1) is 0 Å². The van der Waals surface area contributed by atoms with Crippen LogP contribution in [-0.4, -0.2) is 54.4 Å². The molecule has 36 heavy (non-hydrogen) atoms. The van der Waals surface area contributed by atoms with Crippen LogP contribution >= 0.6 is 11.6 Å². The Morgan fingerprint density at radius 3 is 2.28 bits per heavy atom. The highest BCUT2D eigenvalue weighted by atomic mass is 35.5. The van der Waals surface area contributed by atoms with Crippen LogP contribution in [-0.2, 0) is 13.9 Å². The van der Waals surface area contributed by atoms with E-state index >= 15 is 0 Å². The van der Waals surface area contributed by atoms with Crippen molar-refractivity contribution in [2.24, 2.45) is 0 Å². The van der Waals surface area contributed by atoms with Gasteiger partial charge in [-0.3, -0.25) is 4.57 Å². The molecule has 2 aromatic heterocycles. The second-order valence-corrected chi connectivity index (χ2v) is 14.4. The average molecular weight is 524 g/mol. The molecule has 3 heterocycles. The fraction of sp³-hybridized carbons (Fsp3) is 0.346. The number of hydrogen-bond donors (Lipinski definition) is 1. The minimum Gasteiger partial charge on any atom is -0.402 e. The number of halogens is 1. The molecule has 0 aliphatic carbocycles. The van der Waals surface area contributed by atoms with Crippen LogP contribution in [0.15, 0.2) is 67.0 Å². The summed E-state index contributed by atoms with van der Waals surface area (Å²) in [4.78, 5) is 13.0. The maximum atomic E-state index is 6.97. The van der Waals surface area contributed by atoms with Gasteiger partial charge < -0.3 is 19.2 Å². The summed E-state index contributed by atoms with van der Waals surface area (Å²) in [5, 5.41) is 5.44. The number of aromatic nitrogens is 4. The molecule has 2 atom stereocenters. The summed E-state index contributed by atoms with van der Waals surface area (Å²) >= 11 is 6.14. The molecule has 10 heteroatoms. The van der Waals surface area contributed by atoms with E-state index in [9.17, 15) is 0 Å². The van der Waals surface area contributed by atoms with Crippen LogP contribution < -0.4 is 15.7 Å². The van der Waals surface area contributed by atoms with Crippen molar-refractivity contribution in [3.63, 3.8) is 0 Å². The van der Waals surface area contributed by atoms with Gasteiger partial charge in [-0.05, 0) is 27.0 Å². The summed E-state index contributed by atoms with van der Waals surface area (Å²) < 4.78 is 21.1. The number of imidazole rings is 1. The van der Waals surface area contributed by atoms with E-state index in [1.54, 1.807) is 13.4 Å². The van der Waals surface area contributed by atoms with Gasteiger partial charge in [0, 0.05) is 7.05 Å². The number of nitrogens with zero attached hydrogens (tertiary/aromatic N) is 4. The zero-order valence-corrected chi connectivity index (χ0v) is 22.6. The Balaban J connectivity index is 1.42. The van der Waals surface area contributed by atoms with E-state index in [1.165, 1.54) is 10.4 Å². The monoisotopic (exact) mass is 523 g/mol. The number of anilines is 1. The van der Waals surface area contributed by atoms with Crippen LogP contribution in [0.2, 0.25) is 10.3 Å². The Morgan fingerprint density at radius 2 is 1.69 bits per heavy atom. The van der Waals surface area contributed by atoms with Crippen molar-refractivity contribution in [2.75, 3.05) is 25.6 Å². The third-order valence-electron chi connectivity index (χ3n) is 6.53. The largest absolute Gasteiger partial charge is 0.402 e. The van der Waals surface area contributed by atoms with E-state index in [0.717, 1.165) is 0 Å². The Hall–Kier alpha value is -2.82. The molecule has 0 saturated carbocycles. The Kier molecular flexibility index (Phi) is 6.84. The molecule has 1 N–H and O–H groups in total. The minimum atomic E-state index is -2.69. The summed E-state index contributed by atoms with van der Waals surface area (Å²) in [5.41, 5.74) is 1.21. The summed E-state index contributed by atoms with van der Waals surface area (Å²) in [5.74, 6) is 0.564. The number of hydrogen-bond acceptors (Lipinski definition) is 7. The quantitative estimate of drug-likeness (QED) is 0.290. The third kappa shape index (κ3) is 4.42. The predicted octanol–water partition coefficient (Wildman–Crippen LogP) is 3.97. The highest BCUT2D eigenvalue weighted by Crippen LogP contribution is 2.37. The number of benzene rings is 2. The molecule has 2 aromatic carbocycles. The summed E-state index contributed by atoms with van der Waals surface area (Å²) in [6.45, 7) is 7.39.